The summed E-state index contributed by atoms with van der Waals surface area (Å²) in [5.41, 5.74) is 1.47. The maximum Gasteiger partial charge on any atom is 0.326 e. The van der Waals surface area contributed by atoms with Crippen molar-refractivity contribution >= 4 is 11.7 Å². The molecule has 78 valence electrons. The highest BCUT2D eigenvalue weighted by atomic mass is 16.4. The van der Waals surface area contributed by atoms with Crippen molar-refractivity contribution in [2.75, 3.05) is 5.32 Å². The second kappa shape index (κ2) is 5.06. The van der Waals surface area contributed by atoms with Gasteiger partial charge in [-0.1, -0.05) is 18.9 Å². The predicted octanol–water partition coefficient (Wildman–Crippen LogP) is 1.94. The van der Waals surface area contributed by atoms with Crippen molar-refractivity contribution < 1.29 is 9.90 Å². The van der Waals surface area contributed by atoms with Gasteiger partial charge >= 0.3 is 5.97 Å². The van der Waals surface area contributed by atoms with Crippen molar-refractivity contribution in [3.05, 3.63) is 29.8 Å². The van der Waals surface area contributed by atoms with Crippen LogP contribution in [0.4, 0.5) is 5.69 Å². The molecule has 1 rings (SSSR count). The van der Waals surface area contributed by atoms with Crippen molar-refractivity contribution in [2.45, 2.75) is 19.4 Å². The first-order valence-electron chi connectivity index (χ1n) is 4.73. The molecule has 0 aliphatic carbocycles. The summed E-state index contributed by atoms with van der Waals surface area (Å²) in [6.07, 6.45) is 5.77. The predicted molar refractivity (Wildman–Crippen MR) is 59.7 cm³/mol. The molecule has 0 spiro atoms. The first kappa shape index (κ1) is 11.1. The van der Waals surface area contributed by atoms with E-state index < -0.39 is 12.0 Å². The van der Waals surface area contributed by atoms with Gasteiger partial charge in [-0.3, -0.25) is 0 Å². The first-order chi connectivity index (χ1) is 7.17. The Balaban J connectivity index is 2.80. The van der Waals surface area contributed by atoms with E-state index in [1.54, 1.807) is 24.3 Å². The highest BCUT2D eigenvalue weighted by Gasteiger charge is 2.13. The maximum atomic E-state index is 10.8. The molecule has 3 nitrogen and oxygen atoms in total. The fraction of sp³-hybridized carbons (Fsp3) is 0.250. The van der Waals surface area contributed by atoms with E-state index in [0.29, 0.717) is 6.42 Å². The molecule has 0 amide bonds. The molecule has 0 heterocycles. The Morgan fingerprint density at radius 1 is 1.67 bits per heavy atom. The van der Waals surface area contributed by atoms with Gasteiger partial charge in [0, 0.05) is 11.3 Å². The number of nitrogens with one attached hydrogen (secondary N) is 1. The fourth-order valence-corrected chi connectivity index (χ4v) is 1.24. The SMILES string of the molecule is C#Cc1cccc(NC(CC)C(=O)O)c1. The molecule has 1 aromatic rings. The Bertz CT molecular complexity index is 393. The number of hydrogen-bond acceptors (Lipinski definition) is 2. The number of terminal acetylenes is 1. The molecule has 1 unspecified atom stereocenters. The molecule has 0 aliphatic heterocycles. The van der Waals surface area contributed by atoms with Crippen LogP contribution in [0, 0.1) is 12.3 Å². The van der Waals surface area contributed by atoms with Crippen LogP contribution < -0.4 is 5.32 Å². The van der Waals surface area contributed by atoms with Crippen molar-refractivity contribution in [3.8, 4) is 12.3 Å². The van der Waals surface area contributed by atoms with Crippen LogP contribution in [-0.2, 0) is 4.79 Å². The normalized spacial score (nSPS) is 11.5. The minimum Gasteiger partial charge on any atom is -0.480 e. The quantitative estimate of drug-likeness (QED) is 0.735. The van der Waals surface area contributed by atoms with Crippen LogP contribution in [0.2, 0.25) is 0 Å². The van der Waals surface area contributed by atoms with Gasteiger partial charge in [0.05, 0.1) is 0 Å². The molecule has 0 saturated heterocycles. The Morgan fingerprint density at radius 2 is 2.40 bits per heavy atom. The molecule has 2 N–H and O–H groups in total. The van der Waals surface area contributed by atoms with E-state index in [1.165, 1.54) is 0 Å². The van der Waals surface area contributed by atoms with Gasteiger partial charge in [0.15, 0.2) is 0 Å². The van der Waals surface area contributed by atoms with E-state index in [2.05, 4.69) is 11.2 Å². The summed E-state index contributed by atoms with van der Waals surface area (Å²) in [6, 6.07) is 6.58. The molecular formula is C12H13NO2. The Labute approximate surface area is 89.1 Å². The lowest BCUT2D eigenvalue weighted by molar-refractivity contribution is -0.137. The van der Waals surface area contributed by atoms with Gasteiger partial charge in [-0.15, -0.1) is 6.42 Å². The van der Waals surface area contributed by atoms with Gasteiger partial charge in [-0.2, -0.15) is 0 Å². The minimum absolute atomic E-state index is 0.523. The van der Waals surface area contributed by atoms with E-state index in [4.69, 9.17) is 11.5 Å². The zero-order valence-electron chi connectivity index (χ0n) is 8.53. The molecule has 0 aromatic heterocycles. The molecular weight excluding hydrogens is 190 g/mol. The standard InChI is InChI=1S/C12H13NO2/c1-3-9-6-5-7-10(8-9)13-11(4-2)12(14)15/h1,5-8,11,13H,4H2,2H3,(H,14,15). The van der Waals surface area contributed by atoms with Gasteiger partial charge in [0.2, 0.25) is 0 Å². The van der Waals surface area contributed by atoms with Crippen LogP contribution in [-0.4, -0.2) is 17.1 Å². The Kier molecular flexibility index (Phi) is 3.75. The maximum absolute atomic E-state index is 10.8. The van der Waals surface area contributed by atoms with Crippen LogP contribution in [0.25, 0.3) is 0 Å². The Hall–Kier alpha value is -1.95. The summed E-state index contributed by atoms with van der Waals surface area (Å²) in [6.45, 7) is 1.82. The lowest BCUT2D eigenvalue weighted by atomic mass is 10.1. The van der Waals surface area contributed by atoms with Gasteiger partial charge in [-0.25, -0.2) is 4.79 Å². The average molecular weight is 203 g/mol. The molecule has 0 fully saturated rings. The number of rotatable bonds is 4. The molecule has 1 atom stereocenters. The fourth-order valence-electron chi connectivity index (χ4n) is 1.24. The van der Waals surface area contributed by atoms with Crippen LogP contribution >= 0.6 is 0 Å². The second-order valence-electron chi connectivity index (χ2n) is 3.17. The molecule has 0 radical (unpaired) electrons. The highest BCUT2D eigenvalue weighted by Crippen LogP contribution is 2.12. The molecule has 3 heteroatoms. The summed E-state index contributed by atoms with van der Waals surface area (Å²) in [5.74, 6) is 1.64. The third-order valence-electron chi connectivity index (χ3n) is 2.08. The van der Waals surface area contributed by atoms with Gasteiger partial charge in [-0.05, 0) is 24.6 Å². The van der Waals surface area contributed by atoms with E-state index in [9.17, 15) is 4.79 Å². The zero-order valence-corrected chi connectivity index (χ0v) is 8.53. The van der Waals surface area contributed by atoms with Crippen LogP contribution in [0.1, 0.15) is 18.9 Å². The summed E-state index contributed by atoms with van der Waals surface area (Å²) in [5, 5.41) is 11.8. The second-order valence-corrected chi connectivity index (χ2v) is 3.17. The van der Waals surface area contributed by atoms with Crippen molar-refractivity contribution in [2.24, 2.45) is 0 Å². The monoisotopic (exact) mass is 203 g/mol. The number of benzene rings is 1. The molecule has 0 bridgehead atoms. The first-order valence-corrected chi connectivity index (χ1v) is 4.73. The molecule has 15 heavy (non-hydrogen) atoms. The summed E-state index contributed by atoms with van der Waals surface area (Å²) >= 11 is 0. The number of hydrogen-bond donors (Lipinski definition) is 2. The van der Waals surface area contributed by atoms with Crippen molar-refractivity contribution in [1.29, 1.82) is 0 Å². The highest BCUT2D eigenvalue weighted by molar-refractivity contribution is 5.77. The van der Waals surface area contributed by atoms with Gasteiger partial charge in [0.25, 0.3) is 0 Å². The molecule has 0 saturated carbocycles. The lowest BCUT2D eigenvalue weighted by Gasteiger charge is -2.13. The lowest BCUT2D eigenvalue weighted by Crippen LogP contribution is -2.28. The minimum atomic E-state index is -0.858. The van der Waals surface area contributed by atoms with Crippen molar-refractivity contribution in [3.63, 3.8) is 0 Å². The van der Waals surface area contributed by atoms with Crippen LogP contribution in [0.3, 0.4) is 0 Å². The van der Waals surface area contributed by atoms with E-state index in [-0.39, 0.29) is 0 Å². The smallest absolute Gasteiger partial charge is 0.326 e. The largest absolute Gasteiger partial charge is 0.480 e. The number of carbonyl (C=O) groups is 1. The van der Waals surface area contributed by atoms with E-state index in [1.807, 2.05) is 6.92 Å². The zero-order chi connectivity index (χ0) is 11.3. The number of aliphatic carboxylic acids is 1. The summed E-state index contributed by atoms with van der Waals surface area (Å²) in [7, 11) is 0. The average Bonchev–Trinajstić information content (AvgIpc) is 2.25. The number of carboxylic acids is 1. The third kappa shape index (κ3) is 3.03. The van der Waals surface area contributed by atoms with Crippen LogP contribution in [0.15, 0.2) is 24.3 Å². The topological polar surface area (TPSA) is 49.3 Å². The number of anilines is 1. The van der Waals surface area contributed by atoms with E-state index >= 15 is 0 Å². The molecule has 1 aromatic carbocycles. The molecule has 0 aliphatic rings. The number of carboxylic acid groups (broad SMARTS) is 1. The summed E-state index contributed by atoms with van der Waals surface area (Å²) in [4.78, 5) is 10.8. The Morgan fingerprint density at radius 3 is 2.93 bits per heavy atom. The third-order valence-corrected chi connectivity index (χ3v) is 2.08. The van der Waals surface area contributed by atoms with E-state index in [0.717, 1.165) is 11.3 Å². The van der Waals surface area contributed by atoms with Crippen LogP contribution in [0.5, 0.6) is 0 Å². The van der Waals surface area contributed by atoms with Gasteiger partial charge in [0.1, 0.15) is 6.04 Å². The van der Waals surface area contributed by atoms with Crippen molar-refractivity contribution in [1.82, 2.24) is 0 Å². The van der Waals surface area contributed by atoms with Gasteiger partial charge < -0.3 is 10.4 Å². The summed E-state index contributed by atoms with van der Waals surface area (Å²) < 4.78 is 0.